The third kappa shape index (κ3) is 4440. The molecule has 0 aliphatic rings. The summed E-state index contributed by atoms with van der Waals surface area (Å²) in [6, 6.07) is 0. The summed E-state index contributed by atoms with van der Waals surface area (Å²) >= 11 is 0. The fourth-order valence-electron chi connectivity index (χ4n) is 0. The molecule has 0 heterocycles. The van der Waals surface area contributed by atoms with E-state index in [1.54, 1.807) is 0 Å². The van der Waals surface area contributed by atoms with Gasteiger partial charge in [-0.25, -0.2) is 0 Å². The van der Waals surface area contributed by atoms with E-state index < -0.39 is 0 Å². The van der Waals surface area contributed by atoms with Crippen molar-refractivity contribution in [1.82, 2.24) is 0 Å². The van der Waals surface area contributed by atoms with Gasteiger partial charge in [0.15, 0.2) is 0 Å². The van der Waals surface area contributed by atoms with Gasteiger partial charge in [-0.15, -0.1) is 0 Å². The van der Waals surface area contributed by atoms with E-state index in [2.05, 4.69) is 5.59 Å². The standard InChI is InChI=1S/10CH4.HNO/c;;;;;;;;;;1-2/h10*1H4;1H. The molecule has 92 valence electrons. The minimum absolute atomic E-state index is 0. The zero-order valence-electron chi connectivity index (χ0n) is 0.908. The summed E-state index contributed by atoms with van der Waals surface area (Å²) in [6.45, 7) is 0. The first-order valence-corrected chi connectivity index (χ1v) is 0.204. The van der Waals surface area contributed by atoms with Gasteiger partial charge in [0.25, 0.3) is 0 Å². The van der Waals surface area contributed by atoms with Gasteiger partial charge in [-0.1, -0.05) is 79.9 Å². The molecule has 0 aromatic carbocycles. The highest BCUT2D eigenvalue weighted by Gasteiger charge is 0.588. The molecule has 2 nitrogen and oxygen atoms in total. The maximum absolute atomic E-state index is 7.50. The van der Waals surface area contributed by atoms with Crippen LogP contribution in [0.4, 0.5) is 0 Å². The second kappa shape index (κ2) is 6110. The Morgan fingerprint density at radius 1 is 0.333 bits per heavy atom. The third-order valence-corrected chi connectivity index (χ3v) is 0. The monoisotopic (exact) mass is 191 g/mol. The maximum atomic E-state index is 7.50. The lowest BCUT2D eigenvalue weighted by Gasteiger charge is -0.827. The lowest BCUT2D eigenvalue weighted by Crippen LogP contribution is -0.649. The molecular weight excluding hydrogens is 150 g/mol. The highest BCUT2D eigenvalue weighted by Crippen LogP contribution is 0.766. The minimum atomic E-state index is 0. The van der Waals surface area contributed by atoms with E-state index in [0.717, 1.165) is 0 Å². The molecule has 0 aliphatic carbocycles. The number of hydrogen-bond acceptors (Lipinski definition) is 2. The summed E-state index contributed by atoms with van der Waals surface area (Å²) in [5.74, 6) is 0. The van der Waals surface area contributed by atoms with Crippen LogP contribution in [0, 0.1) is 10.5 Å². The van der Waals surface area contributed by atoms with Gasteiger partial charge < -0.3 is 0 Å². The Labute approximate surface area is 85.6 Å². The van der Waals surface area contributed by atoms with Crippen molar-refractivity contribution >= 4 is 0 Å². The van der Waals surface area contributed by atoms with Crippen molar-refractivity contribution in [3.63, 3.8) is 0 Å². The molecule has 0 spiro atoms. The number of rotatable bonds is 0. The Morgan fingerprint density at radius 2 is 0.333 bits per heavy atom. The van der Waals surface area contributed by atoms with Crippen LogP contribution in [0.1, 0.15) is 74.3 Å². The smallest absolute Gasteiger partial charge is 0.0776 e. The third-order valence-electron chi connectivity index (χ3n) is 0. The van der Waals surface area contributed by atoms with E-state index >= 15 is 0 Å². The number of nitrogens with one attached hydrogen (secondary N) is 1. The average molecular weight is 191 g/mol. The molecule has 0 atom stereocenters. The number of hydrogen-bond donors (Lipinski definition) is 1. The minimum Gasteiger partial charge on any atom is -0.154 e. The highest BCUT2D eigenvalue weighted by molar-refractivity contribution is 3.63. The van der Waals surface area contributed by atoms with Gasteiger partial charge in [-0.05, 0) is 0 Å². The maximum Gasteiger partial charge on any atom is -0.0776 e. The van der Waals surface area contributed by atoms with Gasteiger partial charge in [-0.3, -0.25) is 0 Å². The van der Waals surface area contributed by atoms with E-state index in [1.165, 1.54) is 0 Å². The fraction of sp³-hybridized carbons (Fsp3) is 1.00. The zero-order chi connectivity index (χ0) is 2.00. The zero-order valence-corrected chi connectivity index (χ0v) is 0.908. The summed E-state index contributed by atoms with van der Waals surface area (Å²) in [7, 11) is 0. The largest absolute Gasteiger partial charge is 0.154 e. The molecule has 0 bridgehead atoms. The van der Waals surface area contributed by atoms with Crippen molar-refractivity contribution in [2.45, 2.75) is 74.3 Å². The van der Waals surface area contributed by atoms with Crippen molar-refractivity contribution in [3.8, 4) is 0 Å². The molecule has 0 radical (unpaired) electrons. The summed E-state index contributed by atoms with van der Waals surface area (Å²) in [4.78, 5) is 7.50. The Hall–Kier alpha value is -0.400. The molecule has 0 aromatic heterocycles. The Morgan fingerprint density at radius 3 is 0.333 bits per heavy atom. The van der Waals surface area contributed by atoms with E-state index in [-0.39, 0.29) is 74.3 Å². The van der Waals surface area contributed by atoms with Crippen LogP contribution < -0.4 is 0 Å². The van der Waals surface area contributed by atoms with Crippen LogP contribution in [0.25, 0.3) is 0 Å². The van der Waals surface area contributed by atoms with Gasteiger partial charge in [-0.2, -0.15) is 4.91 Å². The Kier molecular flexibility index (Phi) is 1840000. The predicted molar refractivity (Wildman–Crippen MR) is 73.4 cm³/mol. The van der Waals surface area contributed by atoms with Crippen molar-refractivity contribution in [2.75, 3.05) is 0 Å². The summed E-state index contributed by atoms with van der Waals surface area (Å²) < 4.78 is 0. The summed E-state index contributed by atoms with van der Waals surface area (Å²) in [6.07, 6.45) is 0. The van der Waals surface area contributed by atoms with Crippen LogP contribution in [-0.2, 0) is 0 Å². The highest BCUT2D eigenvalue weighted by atomic mass is 16.2. The molecule has 0 fully saturated rings. The van der Waals surface area contributed by atoms with Crippen LogP contribution in [-0.4, -0.2) is 0 Å². The Balaban J connectivity index is -0.000000000111. The first-order valence-electron chi connectivity index (χ1n) is 0.204. The van der Waals surface area contributed by atoms with E-state index in [4.69, 9.17) is 4.91 Å². The molecule has 2 heteroatoms. The van der Waals surface area contributed by atoms with Crippen molar-refractivity contribution in [3.05, 3.63) is 4.91 Å². The molecular formula is C10H41NO. The van der Waals surface area contributed by atoms with Gasteiger partial charge in [0.05, 0.1) is 0 Å². The quantitative estimate of drug-likeness (QED) is 0.426. The van der Waals surface area contributed by atoms with Crippen LogP contribution in [0.5, 0.6) is 0 Å². The van der Waals surface area contributed by atoms with Gasteiger partial charge in [0.2, 0.25) is 0 Å². The van der Waals surface area contributed by atoms with E-state index in [9.17, 15) is 0 Å². The summed E-state index contributed by atoms with van der Waals surface area (Å²) in [5, 5.41) is 0. The van der Waals surface area contributed by atoms with E-state index in [1.807, 2.05) is 0 Å². The Bertz CT molecular complexity index is 9.80. The second-order valence-electron chi connectivity index (χ2n) is 0. The van der Waals surface area contributed by atoms with Crippen LogP contribution in [0.3, 0.4) is 0 Å². The molecule has 12 heavy (non-hydrogen) atoms. The lowest BCUT2D eigenvalue weighted by molar-refractivity contribution is 1.49. The van der Waals surface area contributed by atoms with Crippen LogP contribution >= 0.6 is 0 Å². The van der Waals surface area contributed by atoms with Crippen molar-refractivity contribution in [1.29, 1.82) is 5.59 Å². The normalized spacial score (nSPS) is 0.333. The van der Waals surface area contributed by atoms with Gasteiger partial charge in [0, 0.05) is 0 Å². The van der Waals surface area contributed by atoms with Crippen molar-refractivity contribution < 1.29 is 0 Å². The number of nitroso groups, excluding NO2 is 1. The van der Waals surface area contributed by atoms with Crippen LogP contribution in [0.15, 0.2) is 0 Å². The van der Waals surface area contributed by atoms with Crippen molar-refractivity contribution in [2.24, 2.45) is 0 Å². The fourth-order valence-corrected chi connectivity index (χ4v) is 0. The summed E-state index contributed by atoms with van der Waals surface area (Å²) in [5.41, 5.74) is 4.50. The first-order chi connectivity index (χ1) is 1.00. The molecule has 0 saturated carbocycles. The van der Waals surface area contributed by atoms with E-state index in [0.29, 0.717) is 0 Å². The van der Waals surface area contributed by atoms with Gasteiger partial charge >= 0.3 is 0 Å². The first kappa shape index (κ1) is 3620. The molecule has 0 aromatic rings. The molecule has 0 unspecified atom stereocenters. The molecule has 1 N–H and O–H groups in total. The molecule has 0 rings (SSSR count). The lowest BCUT2D eigenvalue weighted by atomic mass is 12.0. The molecule has 0 saturated heterocycles. The SMILES string of the molecule is C.C.C.C.C.C.C.C.C.C.N=O. The topological polar surface area (TPSA) is 40.9 Å². The molecule has 0 aliphatic heterocycles. The van der Waals surface area contributed by atoms with Gasteiger partial charge in [0.1, 0.15) is 0 Å². The molecule has 0 amide bonds. The second-order valence-corrected chi connectivity index (χ2v) is 0. The van der Waals surface area contributed by atoms with Crippen LogP contribution in [0.2, 0.25) is 0 Å². The average Bonchev–Trinajstić information content (AvgIpc) is 1.00. The predicted octanol–water partition coefficient (Wildman–Crippen LogP) is 6.69.